The molecular weight excluding hydrogens is 269 g/mol. The Balaban J connectivity index is 2.04. The normalized spacial score (nSPS) is 16.8. The summed E-state index contributed by atoms with van der Waals surface area (Å²) in [5.74, 6) is 0.448. The van der Waals surface area contributed by atoms with Gasteiger partial charge < -0.3 is 0 Å². The second kappa shape index (κ2) is 4.55. The van der Waals surface area contributed by atoms with Crippen LogP contribution in [0.2, 0.25) is 0 Å². The van der Waals surface area contributed by atoms with Gasteiger partial charge in [-0.25, -0.2) is 0 Å². The molecular formula is C11H11F3O3S. The van der Waals surface area contributed by atoms with Gasteiger partial charge in [0.05, 0.1) is 6.61 Å². The first-order chi connectivity index (χ1) is 8.29. The molecule has 1 aliphatic rings. The SMILES string of the molecule is O=S(=O)(OCc1cccc(C2CC2)c1)C(F)(F)F. The minimum Gasteiger partial charge on any atom is -0.258 e. The van der Waals surface area contributed by atoms with Crippen LogP contribution in [0.25, 0.3) is 0 Å². The van der Waals surface area contributed by atoms with Gasteiger partial charge in [0.2, 0.25) is 0 Å². The number of halogens is 3. The summed E-state index contributed by atoms with van der Waals surface area (Å²) in [6.07, 6.45) is 2.12. The van der Waals surface area contributed by atoms with E-state index in [1.807, 2.05) is 6.07 Å². The van der Waals surface area contributed by atoms with E-state index in [0.29, 0.717) is 11.5 Å². The van der Waals surface area contributed by atoms with E-state index in [1.54, 1.807) is 12.1 Å². The molecule has 18 heavy (non-hydrogen) atoms. The third-order valence-corrected chi connectivity index (χ3v) is 3.66. The van der Waals surface area contributed by atoms with Gasteiger partial charge in [-0.3, -0.25) is 4.18 Å². The first-order valence-electron chi connectivity index (χ1n) is 5.34. The minimum atomic E-state index is -5.51. The van der Waals surface area contributed by atoms with E-state index in [9.17, 15) is 21.6 Å². The van der Waals surface area contributed by atoms with Crippen molar-refractivity contribution in [2.45, 2.75) is 30.9 Å². The van der Waals surface area contributed by atoms with Gasteiger partial charge in [0.1, 0.15) is 0 Å². The molecule has 0 aromatic heterocycles. The molecule has 0 atom stereocenters. The lowest BCUT2D eigenvalue weighted by molar-refractivity contribution is -0.0547. The van der Waals surface area contributed by atoms with Gasteiger partial charge >= 0.3 is 15.6 Å². The first kappa shape index (κ1) is 13.4. The summed E-state index contributed by atoms with van der Waals surface area (Å²) in [5, 5.41) is 0. The topological polar surface area (TPSA) is 43.4 Å². The molecule has 1 fully saturated rings. The van der Waals surface area contributed by atoms with Crippen molar-refractivity contribution in [1.82, 2.24) is 0 Å². The lowest BCUT2D eigenvalue weighted by atomic mass is 10.1. The van der Waals surface area contributed by atoms with Crippen LogP contribution in [-0.4, -0.2) is 13.9 Å². The Morgan fingerprint density at radius 1 is 1.28 bits per heavy atom. The zero-order chi connectivity index (χ0) is 13.4. The van der Waals surface area contributed by atoms with Crippen molar-refractivity contribution in [3.63, 3.8) is 0 Å². The lowest BCUT2D eigenvalue weighted by Gasteiger charge is -2.09. The third-order valence-electron chi connectivity index (χ3n) is 2.66. The van der Waals surface area contributed by atoms with Gasteiger partial charge in [-0.2, -0.15) is 21.6 Å². The lowest BCUT2D eigenvalue weighted by Crippen LogP contribution is -2.25. The summed E-state index contributed by atoms with van der Waals surface area (Å²) in [7, 11) is -5.51. The highest BCUT2D eigenvalue weighted by Crippen LogP contribution is 2.40. The van der Waals surface area contributed by atoms with E-state index < -0.39 is 22.2 Å². The second-order valence-corrected chi connectivity index (χ2v) is 5.79. The summed E-state index contributed by atoms with van der Waals surface area (Å²) in [6.45, 7) is -0.595. The molecule has 1 aromatic rings. The van der Waals surface area contributed by atoms with Crippen molar-refractivity contribution in [3.05, 3.63) is 35.4 Å². The maximum atomic E-state index is 12.0. The summed E-state index contributed by atoms with van der Waals surface area (Å²) < 4.78 is 61.5. The van der Waals surface area contributed by atoms with Crippen LogP contribution in [-0.2, 0) is 20.9 Å². The van der Waals surface area contributed by atoms with E-state index in [-0.39, 0.29) is 0 Å². The first-order valence-corrected chi connectivity index (χ1v) is 6.75. The standard InChI is InChI=1S/C11H11F3O3S/c12-11(13,14)18(15,16)17-7-8-2-1-3-10(6-8)9-4-5-9/h1-3,6,9H,4-5,7H2. The summed E-state index contributed by atoms with van der Waals surface area (Å²) in [6, 6.07) is 6.79. The Hall–Kier alpha value is -1.08. The molecule has 0 radical (unpaired) electrons. The van der Waals surface area contributed by atoms with E-state index in [0.717, 1.165) is 18.4 Å². The average molecular weight is 280 g/mol. The fourth-order valence-electron chi connectivity index (χ4n) is 1.57. The van der Waals surface area contributed by atoms with Gasteiger partial charge in [-0.1, -0.05) is 24.3 Å². The number of alkyl halides is 3. The molecule has 0 saturated heterocycles. The smallest absolute Gasteiger partial charge is 0.258 e. The van der Waals surface area contributed by atoms with E-state index in [4.69, 9.17) is 0 Å². The van der Waals surface area contributed by atoms with Crippen LogP contribution in [0.4, 0.5) is 13.2 Å². The molecule has 100 valence electrons. The Labute approximate surface area is 103 Å². The third kappa shape index (κ3) is 3.02. The van der Waals surface area contributed by atoms with Gasteiger partial charge in [-0.15, -0.1) is 0 Å². The molecule has 0 heterocycles. The predicted molar refractivity (Wildman–Crippen MR) is 58.2 cm³/mol. The molecule has 0 spiro atoms. The zero-order valence-corrected chi connectivity index (χ0v) is 10.1. The number of benzene rings is 1. The highest BCUT2D eigenvalue weighted by Gasteiger charge is 2.47. The van der Waals surface area contributed by atoms with Crippen molar-refractivity contribution in [1.29, 1.82) is 0 Å². The molecule has 0 bridgehead atoms. The van der Waals surface area contributed by atoms with Crippen LogP contribution < -0.4 is 0 Å². The molecule has 1 aliphatic carbocycles. The van der Waals surface area contributed by atoms with Crippen molar-refractivity contribution >= 4 is 10.1 Å². The van der Waals surface area contributed by atoms with Crippen molar-refractivity contribution in [2.24, 2.45) is 0 Å². The molecule has 7 heteroatoms. The fraction of sp³-hybridized carbons (Fsp3) is 0.455. The van der Waals surface area contributed by atoms with Gasteiger partial charge in [-0.05, 0) is 29.9 Å². The molecule has 0 N–H and O–H groups in total. The van der Waals surface area contributed by atoms with Gasteiger partial charge in [0.25, 0.3) is 0 Å². The Kier molecular flexibility index (Phi) is 3.37. The largest absolute Gasteiger partial charge is 0.523 e. The Morgan fingerprint density at radius 2 is 1.94 bits per heavy atom. The van der Waals surface area contributed by atoms with E-state index in [2.05, 4.69) is 4.18 Å². The summed E-state index contributed by atoms with van der Waals surface area (Å²) in [5.41, 5.74) is -3.94. The zero-order valence-electron chi connectivity index (χ0n) is 9.27. The van der Waals surface area contributed by atoms with E-state index >= 15 is 0 Å². The fourth-order valence-corrected chi connectivity index (χ4v) is 1.99. The predicted octanol–water partition coefficient (Wildman–Crippen LogP) is 2.93. The Morgan fingerprint density at radius 3 is 2.50 bits per heavy atom. The van der Waals surface area contributed by atoms with Crippen molar-refractivity contribution < 1.29 is 25.8 Å². The van der Waals surface area contributed by atoms with Crippen LogP contribution in [0, 0.1) is 0 Å². The number of hydrogen-bond acceptors (Lipinski definition) is 3. The minimum absolute atomic E-state index is 0.423. The van der Waals surface area contributed by atoms with Crippen LogP contribution >= 0.6 is 0 Å². The highest BCUT2D eigenvalue weighted by molar-refractivity contribution is 7.87. The molecule has 0 aliphatic heterocycles. The highest BCUT2D eigenvalue weighted by atomic mass is 32.2. The monoisotopic (exact) mass is 280 g/mol. The van der Waals surface area contributed by atoms with Crippen molar-refractivity contribution in [3.8, 4) is 0 Å². The summed E-state index contributed by atoms with van der Waals surface area (Å²) in [4.78, 5) is 0. The molecule has 1 saturated carbocycles. The average Bonchev–Trinajstić information content (AvgIpc) is 3.09. The number of hydrogen-bond donors (Lipinski definition) is 0. The van der Waals surface area contributed by atoms with Crippen LogP contribution in [0.1, 0.15) is 29.9 Å². The van der Waals surface area contributed by atoms with Gasteiger partial charge in [0, 0.05) is 0 Å². The van der Waals surface area contributed by atoms with Crippen LogP contribution in [0.5, 0.6) is 0 Å². The van der Waals surface area contributed by atoms with Crippen LogP contribution in [0.15, 0.2) is 24.3 Å². The van der Waals surface area contributed by atoms with E-state index in [1.165, 1.54) is 6.07 Å². The van der Waals surface area contributed by atoms with Crippen molar-refractivity contribution in [2.75, 3.05) is 0 Å². The van der Waals surface area contributed by atoms with Gasteiger partial charge in [0.15, 0.2) is 0 Å². The van der Waals surface area contributed by atoms with Crippen LogP contribution in [0.3, 0.4) is 0 Å². The summed E-state index contributed by atoms with van der Waals surface area (Å²) >= 11 is 0. The molecule has 3 nitrogen and oxygen atoms in total. The second-order valence-electron chi connectivity index (χ2n) is 4.18. The molecule has 2 rings (SSSR count). The molecule has 0 unspecified atom stereocenters. The maximum Gasteiger partial charge on any atom is 0.523 e. The number of rotatable bonds is 4. The maximum absolute atomic E-state index is 12.0. The Bertz CT molecular complexity index is 533. The quantitative estimate of drug-likeness (QED) is 0.629. The molecule has 1 aromatic carbocycles. The molecule has 0 amide bonds.